The molecule has 0 saturated heterocycles. The van der Waals surface area contributed by atoms with Crippen LogP contribution in [0.25, 0.3) is 6.08 Å². The molecule has 0 spiro atoms. The van der Waals surface area contributed by atoms with Crippen molar-refractivity contribution in [3.8, 4) is 0 Å². The van der Waals surface area contributed by atoms with Crippen molar-refractivity contribution in [3.05, 3.63) is 59.3 Å². The molecule has 18 heavy (non-hydrogen) atoms. The largest absolute Gasteiger partial charge is 0.382 e. The van der Waals surface area contributed by atoms with E-state index in [0.29, 0.717) is 12.4 Å². The summed E-state index contributed by atoms with van der Waals surface area (Å²) in [6.07, 6.45) is 5.72. The SMILES string of the molecule is Nc1ncccc1NC/C=C/c1ccc(Cl)cc1. The summed E-state index contributed by atoms with van der Waals surface area (Å²) in [6.45, 7) is 0.693. The van der Waals surface area contributed by atoms with Gasteiger partial charge in [-0.1, -0.05) is 35.9 Å². The van der Waals surface area contributed by atoms with Crippen molar-refractivity contribution in [2.75, 3.05) is 17.6 Å². The molecule has 0 bridgehead atoms. The van der Waals surface area contributed by atoms with Crippen LogP contribution in [0.4, 0.5) is 11.5 Å². The van der Waals surface area contributed by atoms with Crippen LogP contribution in [0.1, 0.15) is 5.56 Å². The predicted octanol–water partition coefficient (Wildman–Crippen LogP) is 3.44. The van der Waals surface area contributed by atoms with Crippen molar-refractivity contribution in [1.82, 2.24) is 4.98 Å². The number of nitrogens with one attached hydrogen (secondary N) is 1. The van der Waals surface area contributed by atoms with Crippen LogP contribution in [0, 0.1) is 0 Å². The summed E-state index contributed by atoms with van der Waals surface area (Å²) in [7, 11) is 0. The first-order chi connectivity index (χ1) is 8.75. The lowest BCUT2D eigenvalue weighted by atomic mass is 10.2. The van der Waals surface area contributed by atoms with Crippen molar-refractivity contribution in [2.24, 2.45) is 0 Å². The van der Waals surface area contributed by atoms with E-state index in [9.17, 15) is 0 Å². The molecular formula is C14H14ClN3. The van der Waals surface area contributed by atoms with Gasteiger partial charge in [-0.25, -0.2) is 4.98 Å². The molecule has 0 aliphatic carbocycles. The molecular weight excluding hydrogens is 246 g/mol. The van der Waals surface area contributed by atoms with Crippen LogP contribution in [0.3, 0.4) is 0 Å². The molecule has 0 fully saturated rings. The van der Waals surface area contributed by atoms with E-state index < -0.39 is 0 Å². The number of anilines is 2. The molecule has 0 aliphatic heterocycles. The van der Waals surface area contributed by atoms with Crippen molar-refractivity contribution in [3.63, 3.8) is 0 Å². The van der Waals surface area contributed by atoms with Gasteiger partial charge in [0.1, 0.15) is 5.82 Å². The van der Waals surface area contributed by atoms with E-state index in [-0.39, 0.29) is 0 Å². The number of aromatic nitrogens is 1. The van der Waals surface area contributed by atoms with Crippen LogP contribution in [0.15, 0.2) is 48.7 Å². The summed E-state index contributed by atoms with van der Waals surface area (Å²) >= 11 is 5.81. The Balaban J connectivity index is 1.89. The minimum atomic E-state index is 0.511. The zero-order valence-electron chi connectivity index (χ0n) is 9.81. The van der Waals surface area contributed by atoms with Gasteiger partial charge in [-0.15, -0.1) is 0 Å². The van der Waals surface area contributed by atoms with Gasteiger partial charge < -0.3 is 11.1 Å². The highest BCUT2D eigenvalue weighted by atomic mass is 35.5. The van der Waals surface area contributed by atoms with Gasteiger partial charge in [0.15, 0.2) is 0 Å². The molecule has 92 valence electrons. The Morgan fingerprint density at radius 3 is 2.72 bits per heavy atom. The number of nitrogen functional groups attached to an aromatic ring is 1. The number of benzene rings is 1. The lowest BCUT2D eigenvalue weighted by Crippen LogP contribution is -2.02. The van der Waals surface area contributed by atoms with Gasteiger partial charge in [-0.2, -0.15) is 0 Å². The molecule has 0 radical (unpaired) electrons. The molecule has 3 N–H and O–H groups in total. The maximum absolute atomic E-state index is 5.81. The summed E-state index contributed by atoms with van der Waals surface area (Å²) in [5, 5.41) is 3.94. The first-order valence-corrected chi connectivity index (χ1v) is 6.00. The standard InChI is InChI=1S/C14H14ClN3/c15-12-7-5-11(6-8-12)3-1-9-17-13-4-2-10-18-14(13)16/h1-8,10,17H,9H2,(H2,16,18)/b3-1+. The molecule has 1 heterocycles. The highest BCUT2D eigenvalue weighted by Crippen LogP contribution is 2.13. The van der Waals surface area contributed by atoms with Gasteiger partial charge in [0, 0.05) is 17.8 Å². The molecule has 0 saturated carbocycles. The lowest BCUT2D eigenvalue weighted by Gasteiger charge is -2.04. The number of hydrogen-bond donors (Lipinski definition) is 2. The van der Waals surface area contributed by atoms with Crippen LogP contribution in [0.2, 0.25) is 5.02 Å². The van der Waals surface area contributed by atoms with Crippen molar-refractivity contribution in [2.45, 2.75) is 0 Å². The van der Waals surface area contributed by atoms with Gasteiger partial charge >= 0.3 is 0 Å². The Bertz CT molecular complexity index is 535. The average Bonchev–Trinajstić information content (AvgIpc) is 2.39. The quantitative estimate of drug-likeness (QED) is 0.884. The van der Waals surface area contributed by atoms with Crippen LogP contribution in [0.5, 0.6) is 0 Å². The number of pyridine rings is 1. The number of nitrogens with zero attached hydrogens (tertiary/aromatic N) is 1. The minimum absolute atomic E-state index is 0.511. The monoisotopic (exact) mass is 259 g/mol. The minimum Gasteiger partial charge on any atom is -0.382 e. The second kappa shape index (κ2) is 6.07. The number of rotatable bonds is 4. The van der Waals surface area contributed by atoms with Crippen molar-refractivity contribution < 1.29 is 0 Å². The lowest BCUT2D eigenvalue weighted by molar-refractivity contribution is 1.28. The predicted molar refractivity (Wildman–Crippen MR) is 77.6 cm³/mol. The third-order valence-electron chi connectivity index (χ3n) is 2.43. The molecule has 0 aliphatic rings. The molecule has 4 heteroatoms. The van der Waals surface area contributed by atoms with Gasteiger partial charge in [-0.3, -0.25) is 0 Å². The van der Waals surface area contributed by atoms with E-state index in [1.54, 1.807) is 6.20 Å². The first-order valence-electron chi connectivity index (χ1n) is 5.62. The Hall–Kier alpha value is -2.00. The van der Waals surface area contributed by atoms with Crippen LogP contribution < -0.4 is 11.1 Å². The van der Waals surface area contributed by atoms with Crippen molar-refractivity contribution in [1.29, 1.82) is 0 Å². The molecule has 0 unspecified atom stereocenters. The van der Waals surface area contributed by atoms with Crippen LogP contribution in [-0.2, 0) is 0 Å². The smallest absolute Gasteiger partial charge is 0.146 e. The molecule has 3 nitrogen and oxygen atoms in total. The van der Waals surface area contributed by atoms with Gasteiger partial charge in [-0.05, 0) is 29.8 Å². The maximum atomic E-state index is 5.81. The average molecular weight is 260 g/mol. The zero-order valence-corrected chi connectivity index (χ0v) is 10.6. The van der Waals surface area contributed by atoms with Gasteiger partial charge in [0.2, 0.25) is 0 Å². The fourth-order valence-electron chi connectivity index (χ4n) is 1.50. The second-order valence-electron chi connectivity index (χ2n) is 3.77. The van der Waals surface area contributed by atoms with E-state index in [1.165, 1.54) is 0 Å². The van der Waals surface area contributed by atoms with E-state index >= 15 is 0 Å². The molecule has 2 aromatic rings. The van der Waals surface area contributed by atoms with Gasteiger partial charge in [0.25, 0.3) is 0 Å². The van der Waals surface area contributed by atoms with E-state index in [1.807, 2.05) is 48.6 Å². The number of nitrogens with two attached hydrogens (primary N) is 1. The Labute approximate surface area is 111 Å². The summed E-state index contributed by atoms with van der Waals surface area (Å²) in [5.74, 6) is 0.511. The molecule has 1 aromatic heterocycles. The summed E-state index contributed by atoms with van der Waals surface area (Å²) in [5.41, 5.74) is 7.68. The molecule has 2 rings (SSSR count). The second-order valence-corrected chi connectivity index (χ2v) is 4.21. The number of hydrogen-bond acceptors (Lipinski definition) is 3. The topological polar surface area (TPSA) is 50.9 Å². The Kier molecular flexibility index (Phi) is 4.20. The maximum Gasteiger partial charge on any atom is 0.146 e. The highest BCUT2D eigenvalue weighted by molar-refractivity contribution is 6.30. The van der Waals surface area contributed by atoms with Gasteiger partial charge in [0.05, 0.1) is 5.69 Å². The molecule has 1 aromatic carbocycles. The van der Waals surface area contributed by atoms with Crippen molar-refractivity contribution >= 4 is 29.2 Å². The Morgan fingerprint density at radius 1 is 1.22 bits per heavy atom. The highest BCUT2D eigenvalue weighted by Gasteiger charge is 1.95. The van der Waals surface area contributed by atoms with Crippen LogP contribution >= 0.6 is 11.6 Å². The number of halogens is 1. The summed E-state index contributed by atoms with van der Waals surface area (Å²) in [4.78, 5) is 4.00. The fourth-order valence-corrected chi connectivity index (χ4v) is 1.63. The normalized spacial score (nSPS) is 10.7. The molecule has 0 amide bonds. The molecule has 0 atom stereocenters. The van der Waals surface area contributed by atoms with Crippen LogP contribution in [-0.4, -0.2) is 11.5 Å². The van der Waals surface area contributed by atoms with E-state index in [2.05, 4.69) is 10.3 Å². The Morgan fingerprint density at radius 2 is 2.00 bits per heavy atom. The zero-order chi connectivity index (χ0) is 12.8. The summed E-state index contributed by atoms with van der Waals surface area (Å²) in [6, 6.07) is 11.4. The third-order valence-corrected chi connectivity index (χ3v) is 2.68. The van der Waals surface area contributed by atoms with E-state index in [0.717, 1.165) is 16.3 Å². The van der Waals surface area contributed by atoms with E-state index in [4.69, 9.17) is 17.3 Å². The summed E-state index contributed by atoms with van der Waals surface area (Å²) < 4.78 is 0. The first kappa shape index (κ1) is 12.5. The third kappa shape index (κ3) is 3.50. The fraction of sp³-hybridized carbons (Fsp3) is 0.0714.